The lowest BCUT2D eigenvalue weighted by Gasteiger charge is -2.15. The quantitative estimate of drug-likeness (QED) is 0.901. The maximum Gasteiger partial charge on any atom is 0.0828 e. The van der Waals surface area contributed by atoms with Gasteiger partial charge < -0.3 is 5.32 Å². The fourth-order valence-corrected chi connectivity index (χ4v) is 3.03. The van der Waals surface area contributed by atoms with E-state index in [1.165, 1.54) is 16.1 Å². The molecule has 0 bridgehead atoms. The first kappa shape index (κ1) is 12.2. The van der Waals surface area contributed by atoms with E-state index in [1.54, 1.807) is 11.3 Å². The third-order valence-corrected chi connectivity index (χ3v) is 4.37. The Kier molecular flexibility index (Phi) is 3.24. The second kappa shape index (κ2) is 4.53. The lowest BCUT2D eigenvalue weighted by Crippen LogP contribution is -2.07. The molecule has 2 heterocycles. The Morgan fingerprint density at radius 1 is 1.35 bits per heavy atom. The average molecular weight is 249 g/mol. The van der Waals surface area contributed by atoms with Crippen LogP contribution < -0.4 is 5.32 Å². The molecule has 0 amide bonds. The number of anilines is 1. The summed E-state index contributed by atoms with van der Waals surface area (Å²) in [5.74, 6) is 0. The Bertz CT molecular complexity index is 525. The Morgan fingerprint density at radius 2 is 2.06 bits per heavy atom. The van der Waals surface area contributed by atoms with E-state index in [9.17, 15) is 0 Å². The summed E-state index contributed by atoms with van der Waals surface area (Å²) in [6, 6.07) is 2.50. The van der Waals surface area contributed by atoms with Gasteiger partial charge in [0.25, 0.3) is 0 Å². The fraction of sp³-hybridized carbons (Fsp3) is 0.462. The van der Waals surface area contributed by atoms with E-state index in [2.05, 4.69) is 42.6 Å². The molecule has 2 rings (SSSR count). The minimum absolute atomic E-state index is 0.330. The van der Waals surface area contributed by atoms with Gasteiger partial charge in [0, 0.05) is 11.9 Å². The highest BCUT2D eigenvalue weighted by atomic mass is 32.1. The van der Waals surface area contributed by atoms with Crippen molar-refractivity contribution in [3.63, 3.8) is 0 Å². The maximum absolute atomic E-state index is 4.42. The molecule has 0 aliphatic heterocycles. The molecule has 0 aromatic carbocycles. The lowest BCUT2D eigenvalue weighted by molar-refractivity contribution is 0.731. The Hall–Kier alpha value is -1.29. The number of aryl methyl sites for hydroxylation is 3. The second-order valence-corrected chi connectivity index (χ2v) is 5.45. The van der Waals surface area contributed by atoms with Crippen LogP contribution in [0.5, 0.6) is 0 Å². The zero-order valence-electron chi connectivity index (χ0n) is 11.0. The van der Waals surface area contributed by atoms with E-state index < -0.39 is 0 Å². The van der Waals surface area contributed by atoms with E-state index in [0.717, 1.165) is 11.4 Å². The molecule has 0 saturated carbocycles. The predicted molar refractivity (Wildman–Crippen MR) is 73.8 cm³/mol. The SMILES string of the molecule is Cc1ccsc1C(C)Nc1c(C)nn(C)c1C. The van der Waals surface area contributed by atoms with Gasteiger partial charge in [-0.3, -0.25) is 4.68 Å². The number of hydrogen-bond donors (Lipinski definition) is 1. The zero-order chi connectivity index (χ0) is 12.6. The Labute approximate surface area is 106 Å². The van der Waals surface area contributed by atoms with Crippen LogP contribution in [-0.4, -0.2) is 9.78 Å². The molecule has 0 aliphatic carbocycles. The number of thiophene rings is 1. The van der Waals surface area contributed by atoms with Crippen LogP contribution >= 0.6 is 11.3 Å². The molecule has 2 aromatic rings. The van der Waals surface area contributed by atoms with Crippen molar-refractivity contribution in [2.24, 2.45) is 7.05 Å². The van der Waals surface area contributed by atoms with Gasteiger partial charge in [0.2, 0.25) is 0 Å². The normalized spacial score (nSPS) is 12.8. The number of hydrogen-bond acceptors (Lipinski definition) is 3. The van der Waals surface area contributed by atoms with Crippen LogP contribution in [0, 0.1) is 20.8 Å². The molecule has 1 atom stereocenters. The minimum atomic E-state index is 0.330. The number of nitrogens with one attached hydrogen (secondary N) is 1. The van der Waals surface area contributed by atoms with E-state index in [1.807, 2.05) is 18.7 Å². The molecule has 2 aromatic heterocycles. The summed E-state index contributed by atoms with van der Waals surface area (Å²) in [6.07, 6.45) is 0. The summed E-state index contributed by atoms with van der Waals surface area (Å²) >= 11 is 1.81. The van der Waals surface area contributed by atoms with Crippen molar-refractivity contribution in [3.05, 3.63) is 33.3 Å². The lowest BCUT2D eigenvalue weighted by atomic mass is 10.2. The van der Waals surface area contributed by atoms with Crippen LogP contribution in [0.2, 0.25) is 0 Å². The Balaban J connectivity index is 2.24. The summed E-state index contributed by atoms with van der Waals surface area (Å²) in [6.45, 7) is 8.50. The fourth-order valence-electron chi connectivity index (χ4n) is 2.09. The van der Waals surface area contributed by atoms with Crippen LogP contribution in [0.3, 0.4) is 0 Å². The predicted octanol–water partition coefficient (Wildman–Crippen LogP) is 3.58. The summed E-state index contributed by atoms with van der Waals surface area (Å²) < 4.78 is 1.92. The third-order valence-electron chi connectivity index (χ3n) is 3.16. The monoisotopic (exact) mass is 249 g/mol. The molecule has 0 saturated heterocycles. The molecular formula is C13H19N3S. The molecule has 17 heavy (non-hydrogen) atoms. The zero-order valence-corrected chi connectivity index (χ0v) is 11.9. The largest absolute Gasteiger partial charge is 0.375 e. The highest BCUT2D eigenvalue weighted by molar-refractivity contribution is 7.10. The van der Waals surface area contributed by atoms with Gasteiger partial charge in [0.15, 0.2) is 0 Å². The van der Waals surface area contributed by atoms with Gasteiger partial charge in [-0.15, -0.1) is 11.3 Å². The molecule has 4 heteroatoms. The standard InChI is InChI=1S/C13H19N3S/c1-8-6-7-17-13(8)10(3)14-12-9(2)15-16(5)11(12)4/h6-7,10,14H,1-5H3. The van der Waals surface area contributed by atoms with E-state index in [-0.39, 0.29) is 0 Å². The van der Waals surface area contributed by atoms with Crippen LogP contribution in [0.15, 0.2) is 11.4 Å². The van der Waals surface area contributed by atoms with Crippen molar-refractivity contribution in [1.29, 1.82) is 0 Å². The van der Waals surface area contributed by atoms with E-state index in [4.69, 9.17) is 0 Å². The number of aromatic nitrogens is 2. The van der Waals surface area contributed by atoms with Crippen molar-refractivity contribution in [1.82, 2.24) is 9.78 Å². The number of rotatable bonds is 3. The molecule has 1 N–H and O–H groups in total. The summed E-state index contributed by atoms with van der Waals surface area (Å²) in [4.78, 5) is 1.40. The topological polar surface area (TPSA) is 29.9 Å². The van der Waals surface area contributed by atoms with Gasteiger partial charge in [-0.1, -0.05) is 0 Å². The van der Waals surface area contributed by atoms with Crippen molar-refractivity contribution < 1.29 is 0 Å². The Morgan fingerprint density at radius 3 is 2.53 bits per heavy atom. The first-order valence-electron chi connectivity index (χ1n) is 5.81. The smallest absolute Gasteiger partial charge is 0.0828 e. The first-order chi connectivity index (χ1) is 8.00. The van der Waals surface area contributed by atoms with Crippen LogP contribution in [0.4, 0.5) is 5.69 Å². The second-order valence-electron chi connectivity index (χ2n) is 4.50. The summed E-state index contributed by atoms with van der Waals surface area (Å²) in [7, 11) is 1.98. The van der Waals surface area contributed by atoms with Gasteiger partial charge in [-0.05, 0) is 44.7 Å². The van der Waals surface area contributed by atoms with E-state index in [0.29, 0.717) is 6.04 Å². The van der Waals surface area contributed by atoms with Crippen LogP contribution in [0.25, 0.3) is 0 Å². The molecule has 0 aliphatic rings. The van der Waals surface area contributed by atoms with Gasteiger partial charge in [-0.25, -0.2) is 0 Å². The minimum Gasteiger partial charge on any atom is -0.375 e. The van der Waals surface area contributed by atoms with Crippen molar-refractivity contribution in [3.8, 4) is 0 Å². The highest BCUT2D eigenvalue weighted by Crippen LogP contribution is 2.29. The maximum atomic E-state index is 4.42. The van der Waals surface area contributed by atoms with Gasteiger partial charge >= 0.3 is 0 Å². The third kappa shape index (κ3) is 2.22. The highest BCUT2D eigenvalue weighted by Gasteiger charge is 2.14. The van der Waals surface area contributed by atoms with Crippen molar-refractivity contribution in [2.75, 3.05) is 5.32 Å². The average Bonchev–Trinajstić information content (AvgIpc) is 2.78. The molecule has 0 spiro atoms. The van der Waals surface area contributed by atoms with Crippen molar-refractivity contribution >= 4 is 17.0 Å². The van der Waals surface area contributed by atoms with Gasteiger partial charge in [0.1, 0.15) is 0 Å². The molecule has 0 radical (unpaired) electrons. The molecule has 3 nitrogen and oxygen atoms in total. The summed E-state index contributed by atoms with van der Waals surface area (Å²) in [5, 5.41) is 10.1. The van der Waals surface area contributed by atoms with Crippen LogP contribution in [-0.2, 0) is 7.05 Å². The first-order valence-corrected chi connectivity index (χ1v) is 6.69. The van der Waals surface area contributed by atoms with Gasteiger partial charge in [-0.2, -0.15) is 5.10 Å². The van der Waals surface area contributed by atoms with E-state index >= 15 is 0 Å². The van der Waals surface area contributed by atoms with Crippen LogP contribution in [0.1, 0.15) is 34.8 Å². The molecule has 0 fully saturated rings. The van der Waals surface area contributed by atoms with Gasteiger partial charge in [0.05, 0.1) is 23.1 Å². The van der Waals surface area contributed by atoms with Crippen molar-refractivity contribution in [2.45, 2.75) is 33.7 Å². The number of nitrogens with zero attached hydrogens (tertiary/aromatic N) is 2. The molecular weight excluding hydrogens is 230 g/mol. The molecule has 92 valence electrons. The summed E-state index contributed by atoms with van der Waals surface area (Å²) in [5.41, 5.74) is 4.76. The molecule has 1 unspecified atom stereocenters.